The van der Waals surface area contributed by atoms with E-state index in [4.69, 9.17) is 4.42 Å². The molecule has 0 atom stereocenters. The normalized spacial score (nSPS) is 11.1. The van der Waals surface area contributed by atoms with E-state index in [2.05, 4.69) is 75.3 Å². The maximum absolute atomic E-state index is 5.89. The van der Waals surface area contributed by atoms with Crippen molar-refractivity contribution in [2.75, 3.05) is 11.9 Å². The third-order valence-corrected chi connectivity index (χ3v) is 3.56. The molecule has 3 nitrogen and oxygen atoms in total. The van der Waals surface area contributed by atoms with E-state index in [1.165, 1.54) is 16.8 Å². The Labute approximate surface area is 128 Å². The predicted octanol–water partition coefficient (Wildman–Crippen LogP) is 4.03. The molecule has 1 N–H and O–H groups in total. The maximum atomic E-state index is 5.89. The molecule has 2 aromatic rings. The zero-order valence-corrected chi connectivity index (χ0v) is 13.7. The first-order chi connectivity index (χ1) is 9.95. The Balaban J connectivity index is 2.00. The summed E-state index contributed by atoms with van der Waals surface area (Å²) in [5, 5.41) is 3.37. The lowest BCUT2D eigenvalue weighted by Crippen LogP contribution is -2.21. The second-order valence-electron chi connectivity index (χ2n) is 6.05. The van der Waals surface area contributed by atoms with Gasteiger partial charge in [-0.1, -0.05) is 31.5 Å². The van der Waals surface area contributed by atoms with E-state index in [1.807, 2.05) is 0 Å². The summed E-state index contributed by atoms with van der Waals surface area (Å²) in [6.07, 6.45) is 0. The predicted molar refractivity (Wildman–Crippen MR) is 88.7 cm³/mol. The molecule has 1 aromatic heterocycles. The summed E-state index contributed by atoms with van der Waals surface area (Å²) in [5.41, 5.74) is 3.84. The van der Waals surface area contributed by atoms with Crippen LogP contribution in [-0.2, 0) is 13.1 Å². The minimum atomic E-state index is 0.469. The molecular formula is C18H26N2O. The molecule has 0 saturated heterocycles. The Bertz CT molecular complexity index is 587. The van der Waals surface area contributed by atoms with E-state index in [1.54, 1.807) is 0 Å². The maximum Gasteiger partial charge on any atom is 0.123 e. The molecule has 21 heavy (non-hydrogen) atoms. The van der Waals surface area contributed by atoms with Gasteiger partial charge in [0.15, 0.2) is 0 Å². The van der Waals surface area contributed by atoms with Crippen molar-refractivity contribution >= 4 is 5.69 Å². The van der Waals surface area contributed by atoms with Crippen LogP contribution in [0.5, 0.6) is 0 Å². The molecule has 0 amide bonds. The molecule has 0 aliphatic carbocycles. The SMILES string of the molecule is Cc1ccc(N(C)Cc2ccc(CNC(C)C)o2)c(C)c1. The molecule has 0 fully saturated rings. The van der Waals surface area contributed by atoms with E-state index in [0.717, 1.165) is 24.6 Å². The number of hydrogen-bond donors (Lipinski definition) is 1. The van der Waals surface area contributed by atoms with Crippen molar-refractivity contribution in [3.63, 3.8) is 0 Å². The zero-order chi connectivity index (χ0) is 15.4. The summed E-state index contributed by atoms with van der Waals surface area (Å²) in [5.74, 6) is 1.99. The Hall–Kier alpha value is -1.74. The quantitative estimate of drug-likeness (QED) is 0.869. The van der Waals surface area contributed by atoms with Gasteiger partial charge in [0.05, 0.1) is 13.1 Å². The second-order valence-corrected chi connectivity index (χ2v) is 6.05. The number of nitrogens with zero attached hydrogens (tertiary/aromatic N) is 1. The van der Waals surface area contributed by atoms with E-state index >= 15 is 0 Å². The summed E-state index contributed by atoms with van der Waals surface area (Å²) in [6.45, 7) is 10.1. The molecule has 0 unspecified atom stereocenters. The summed E-state index contributed by atoms with van der Waals surface area (Å²) >= 11 is 0. The smallest absolute Gasteiger partial charge is 0.123 e. The van der Waals surface area contributed by atoms with Gasteiger partial charge < -0.3 is 14.6 Å². The van der Waals surface area contributed by atoms with Crippen LogP contribution in [0.4, 0.5) is 5.69 Å². The number of nitrogens with one attached hydrogen (secondary N) is 1. The Kier molecular flexibility index (Phi) is 5.07. The van der Waals surface area contributed by atoms with Crippen LogP contribution in [0.15, 0.2) is 34.7 Å². The summed E-state index contributed by atoms with van der Waals surface area (Å²) in [7, 11) is 2.10. The molecule has 114 valence electrons. The number of hydrogen-bond acceptors (Lipinski definition) is 3. The van der Waals surface area contributed by atoms with E-state index in [0.29, 0.717) is 6.04 Å². The van der Waals surface area contributed by atoms with Gasteiger partial charge in [0.2, 0.25) is 0 Å². The van der Waals surface area contributed by atoms with Crippen molar-refractivity contribution in [3.05, 3.63) is 53.0 Å². The summed E-state index contributed by atoms with van der Waals surface area (Å²) in [4.78, 5) is 2.23. The highest BCUT2D eigenvalue weighted by atomic mass is 16.3. The molecule has 0 aliphatic rings. The Morgan fingerprint density at radius 2 is 1.81 bits per heavy atom. The molecule has 0 saturated carbocycles. The van der Waals surface area contributed by atoms with Gasteiger partial charge in [-0.15, -0.1) is 0 Å². The molecule has 0 spiro atoms. The molecular weight excluding hydrogens is 260 g/mol. The third kappa shape index (κ3) is 4.36. The largest absolute Gasteiger partial charge is 0.463 e. The highest BCUT2D eigenvalue weighted by Gasteiger charge is 2.09. The number of aryl methyl sites for hydroxylation is 2. The molecule has 1 heterocycles. The number of furan rings is 1. The van der Waals surface area contributed by atoms with Crippen LogP contribution in [-0.4, -0.2) is 13.1 Å². The highest BCUT2D eigenvalue weighted by Crippen LogP contribution is 2.22. The van der Waals surface area contributed by atoms with Gasteiger partial charge in [-0.3, -0.25) is 0 Å². The van der Waals surface area contributed by atoms with Gasteiger partial charge in [-0.2, -0.15) is 0 Å². The van der Waals surface area contributed by atoms with Gasteiger partial charge in [0.25, 0.3) is 0 Å². The van der Waals surface area contributed by atoms with Crippen LogP contribution < -0.4 is 10.2 Å². The topological polar surface area (TPSA) is 28.4 Å². The van der Waals surface area contributed by atoms with Crippen molar-refractivity contribution in [2.24, 2.45) is 0 Å². The van der Waals surface area contributed by atoms with E-state index < -0.39 is 0 Å². The van der Waals surface area contributed by atoms with Crippen LogP contribution in [0, 0.1) is 13.8 Å². The van der Waals surface area contributed by atoms with Gasteiger partial charge >= 0.3 is 0 Å². The van der Waals surface area contributed by atoms with Crippen LogP contribution >= 0.6 is 0 Å². The number of rotatable bonds is 6. The Morgan fingerprint density at radius 1 is 1.10 bits per heavy atom. The van der Waals surface area contributed by atoms with Crippen molar-refractivity contribution in [1.29, 1.82) is 0 Å². The Morgan fingerprint density at radius 3 is 2.48 bits per heavy atom. The average Bonchev–Trinajstić information content (AvgIpc) is 2.83. The first-order valence-electron chi connectivity index (χ1n) is 7.55. The lowest BCUT2D eigenvalue weighted by Gasteiger charge is -2.20. The zero-order valence-electron chi connectivity index (χ0n) is 13.7. The van der Waals surface area contributed by atoms with Crippen LogP contribution in [0.25, 0.3) is 0 Å². The number of benzene rings is 1. The van der Waals surface area contributed by atoms with Crippen molar-refractivity contribution in [1.82, 2.24) is 5.32 Å². The van der Waals surface area contributed by atoms with Gasteiger partial charge in [0.1, 0.15) is 11.5 Å². The lowest BCUT2D eigenvalue weighted by molar-refractivity contribution is 0.434. The molecule has 1 aromatic carbocycles. The van der Waals surface area contributed by atoms with Crippen molar-refractivity contribution < 1.29 is 4.42 Å². The van der Waals surface area contributed by atoms with E-state index in [9.17, 15) is 0 Å². The van der Waals surface area contributed by atoms with Crippen LogP contribution in [0.2, 0.25) is 0 Å². The summed E-state index contributed by atoms with van der Waals surface area (Å²) < 4.78 is 5.89. The molecule has 0 aliphatic heterocycles. The summed E-state index contributed by atoms with van der Waals surface area (Å²) in [6, 6.07) is 11.1. The lowest BCUT2D eigenvalue weighted by atomic mass is 10.1. The minimum absolute atomic E-state index is 0.469. The van der Waals surface area contributed by atoms with E-state index in [-0.39, 0.29) is 0 Å². The fourth-order valence-electron chi connectivity index (χ4n) is 2.46. The van der Waals surface area contributed by atoms with Gasteiger partial charge in [0, 0.05) is 18.8 Å². The minimum Gasteiger partial charge on any atom is -0.463 e. The van der Waals surface area contributed by atoms with Crippen molar-refractivity contribution in [3.8, 4) is 0 Å². The fourth-order valence-corrected chi connectivity index (χ4v) is 2.46. The fraction of sp³-hybridized carbons (Fsp3) is 0.444. The molecule has 3 heteroatoms. The molecule has 0 bridgehead atoms. The van der Waals surface area contributed by atoms with Gasteiger partial charge in [-0.05, 0) is 37.6 Å². The second kappa shape index (κ2) is 6.81. The number of anilines is 1. The van der Waals surface area contributed by atoms with Crippen LogP contribution in [0.3, 0.4) is 0 Å². The monoisotopic (exact) mass is 286 g/mol. The first-order valence-corrected chi connectivity index (χ1v) is 7.55. The highest BCUT2D eigenvalue weighted by molar-refractivity contribution is 5.53. The molecule has 2 rings (SSSR count). The molecule has 0 radical (unpaired) electrons. The third-order valence-electron chi connectivity index (χ3n) is 3.56. The van der Waals surface area contributed by atoms with Gasteiger partial charge in [-0.25, -0.2) is 0 Å². The van der Waals surface area contributed by atoms with Crippen LogP contribution in [0.1, 0.15) is 36.5 Å². The van der Waals surface area contributed by atoms with Crippen molar-refractivity contribution in [2.45, 2.75) is 46.8 Å². The average molecular weight is 286 g/mol. The standard InChI is InChI=1S/C18H26N2O/c1-13(2)19-11-16-7-8-17(21-16)12-20(5)18-9-6-14(3)10-15(18)4/h6-10,13,19H,11-12H2,1-5H3. The first kappa shape index (κ1) is 15.6.